The predicted octanol–water partition coefficient (Wildman–Crippen LogP) is 3.73. The van der Waals surface area contributed by atoms with E-state index in [1.165, 1.54) is 0 Å². The molecule has 0 radical (unpaired) electrons. The van der Waals surface area contributed by atoms with Crippen molar-refractivity contribution in [3.8, 4) is 11.4 Å². The lowest BCUT2D eigenvalue weighted by Gasteiger charge is -2.08. The van der Waals surface area contributed by atoms with E-state index in [0.717, 1.165) is 22.2 Å². The lowest BCUT2D eigenvalue weighted by Crippen LogP contribution is -1.99. The van der Waals surface area contributed by atoms with Gasteiger partial charge in [-0.05, 0) is 31.2 Å². The summed E-state index contributed by atoms with van der Waals surface area (Å²) < 4.78 is 5.10. The summed E-state index contributed by atoms with van der Waals surface area (Å²) >= 11 is 0. The summed E-state index contributed by atoms with van der Waals surface area (Å²) in [4.78, 5) is 13.4. The first kappa shape index (κ1) is 13.4. The van der Waals surface area contributed by atoms with Gasteiger partial charge in [-0.2, -0.15) is 0 Å². The SMILES string of the molecule is Cc1cc(Nc2nc(-c3cccnc3)nc3ccccc23)no1. The molecule has 4 rings (SSSR count). The van der Waals surface area contributed by atoms with Gasteiger partial charge in [-0.15, -0.1) is 0 Å². The minimum Gasteiger partial charge on any atom is -0.360 e. The quantitative estimate of drug-likeness (QED) is 0.621. The second-order valence-corrected chi connectivity index (χ2v) is 5.10. The molecular formula is C17H13N5O. The zero-order valence-electron chi connectivity index (χ0n) is 12.4. The van der Waals surface area contributed by atoms with Crippen molar-refractivity contribution in [3.05, 3.63) is 60.6 Å². The zero-order valence-corrected chi connectivity index (χ0v) is 12.4. The molecule has 4 aromatic rings. The van der Waals surface area contributed by atoms with E-state index in [2.05, 4.69) is 25.4 Å². The monoisotopic (exact) mass is 303 g/mol. The Kier molecular flexibility index (Phi) is 3.20. The second-order valence-electron chi connectivity index (χ2n) is 5.10. The number of fused-ring (bicyclic) bond motifs is 1. The molecule has 23 heavy (non-hydrogen) atoms. The second kappa shape index (κ2) is 5.49. The van der Waals surface area contributed by atoms with Crippen LogP contribution in [-0.2, 0) is 0 Å². The fraction of sp³-hybridized carbons (Fsp3) is 0.0588. The molecule has 1 aromatic carbocycles. The van der Waals surface area contributed by atoms with E-state index in [4.69, 9.17) is 4.52 Å². The number of nitrogens with one attached hydrogen (secondary N) is 1. The first-order chi connectivity index (χ1) is 11.3. The van der Waals surface area contributed by atoms with E-state index < -0.39 is 0 Å². The van der Waals surface area contributed by atoms with Crippen LogP contribution in [0.2, 0.25) is 0 Å². The van der Waals surface area contributed by atoms with Crippen LogP contribution in [0, 0.1) is 6.92 Å². The zero-order chi connectivity index (χ0) is 15.6. The fourth-order valence-electron chi connectivity index (χ4n) is 2.34. The molecule has 0 amide bonds. The molecule has 0 saturated carbocycles. The number of anilines is 2. The van der Waals surface area contributed by atoms with Crippen LogP contribution in [0.1, 0.15) is 5.76 Å². The van der Waals surface area contributed by atoms with Gasteiger partial charge in [0.15, 0.2) is 11.6 Å². The smallest absolute Gasteiger partial charge is 0.175 e. The maximum absolute atomic E-state index is 5.10. The minimum absolute atomic E-state index is 0.611. The Hall–Kier alpha value is -3.28. The highest BCUT2D eigenvalue weighted by atomic mass is 16.5. The van der Waals surface area contributed by atoms with Crippen LogP contribution in [0.25, 0.3) is 22.3 Å². The number of pyridine rings is 1. The van der Waals surface area contributed by atoms with Crippen LogP contribution in [-0.4, -0.2) is 20.1 Å². The highest BCUT2D eigenvalue weighted by Crippen LogP contribution is 2.26. The van der Waals surface area contributed by atoms with Crippen molar-refractivity contribution >= 4 is 22.5 Å². The summed E-state index contributed by atoms with van der Waals surface area (Å²) in [5.74, 6) is 2.64. The average Bonchev–Trinajstić information content (AvgIpc) is 3.00. The normalized spacial score (nSPS) is 10.8. The van der Waals surface area contributed by atoms with Crippen molar-refractivity contribution in [1.29, 1.82) is 0 Å². The molecule has 3 aromatic heterocycles. The van der Waals surface area contributed by atoms with Gasteiger partial charge in [0.2, 0.25) is 0 Å². The van der Waals surface area contributed by atoms with Crippen LogP contribution >= 0.6 is 0 Å². The fourth-order valence-corrected chi connectivity index (χ4v) is 2.34. The highest BCUT2D eigenvalue weighted by Gasteiger charge is 2.11. The molecule has 1 N–H and O–H groups in total. The molecule has 0 fully saturated rings. The molecule has 6 nitrogen and oxygen atoms in total. The van der Waals surface area contributed by atoms with E-state index in [1.54, 1.807) is 12.4 Å². The van der Waals surface area contributed by atoms with Crippen LogP contribution in [0.4, 0.5) is 11.6 Å². The van der Waals surface area contributed by atoms with E-state index in [0.29, 0.717) is 17.5 Å². The van der Waals surface area contributed by atoms with Gasteiger partial charge in [-0.1, -0.05) is 17.3 Å². The number of aromatic nitrogens is 4. The third-order valence-corrected chi connectivity index (χ3v) is 3.40. The summed E-state index contributed by atoms with van der Waals surface area (Å²) in [7, 11) is 0. The van der Waals surface area contributed by atoms with Crippen molar-refractivity contribution in [1.82, 2.24) is 20.1 Å². The van der Waals surface area contributed by atoms with Gasteiger partial charge in [0, 0.05) is 29.4 Å². The molecule has 0 bridgehead atoms. The minimum atomic E-state index is 0.611. The van der Waals surface area contributed by atoms with Crippen molar-refractivity contribution in [2.24, 2.45) is 0 Å². The van der Waals surface area contributed by atoms with Gasteiger partial charge in [0.25, 0.3) is 0 Å². The summed E-state index contributed by atoms with van der Waals surface area (Å²) in [6, 6.07) is 13.4. The van der Waals surface area contributed by atoms with Crippen molar-refractivity contribution in [2.45, 2.75) is 6.92 Å². The number of nitrogens with zero attached hydrogens (tertiary/aromatic N) is 4. The average molecular weight is 303 g/mol. The first-order valence-electron chi connectivity index (χ1n) is 7.17. The molecule has 3 heterocycles. The molecule has 0 unspecified atom stereocenters. The summed E-state index contributed by atoms with van der Waals surface area (Å²) in [5.41, 5.74) is 1.71. The predicted molar refractivity (Wildman–Crippen MR) is 87.3 cm³/mol. The van der Waals surface area contributed by atoms with E-state index in [9.17, 15) is 0 Å². The van der Waals surface area contributed by atoms with E-state index in [1.807, 2.05) is 49.4 Å². The Labute approximate surface area is 132 Å². The van der Waals surface area contributed by atoms with Gasteiger partial charge >= 0.3 is 0 Å². The first-order valence-corrected chi connectivity index (χ1v) is 7.17. The third-order valence-electron chi connectivity index (χ3n) is 3.40. The van der Waals surface area contributed by atoms with Gasteiger partial charge in [0.1, 0.15) is 11.6 Å². The molecular weight excluding hydrogens is 290 g/mol. The van der Waals surface area contributed by atoms with Gasteiger partial charge in [0.05, 0.1) is 5.52 Å². The number of benzene rings is 1. The summed E-state index contributed by atoms with van der Waals surface area (Å²) in [6.07, 6.45) is 3.47. The van der Waals surface area contributed by atoms with E-state index in [-0.39, 0.29) is 0 Å². The van der Waals surface area contributed by atoms with Crippen molar-refractivity contribution < 1.29 is 4.52 Å². The number of hydrogen-bond acceptors (Lipinski definition) is 6. The number of rotatable bonds is 3. The lowest BCUT2D eigenvalue weighted by molar-refractivity contribution is 0.400. The number of aryl methyl sites for hydroxylation is 1. The molecule has 0 aliphatic heterocycles. The largest absolute Gasteiger partial charge is 0.360 e. The Morgan fingerprint density at radius 2 is 1.96 bits per heavy atom. The third kappa shape index (κ3) is 2.62. The summed E-state index contributed by atoms with van der Waals surface area (Å²) in [5, 5.41) is 8.08. The van der Waals surface area contributed by atoms with Crippen LogP contribution < -0.4 is 5.32 Å². The van der Waals surface area contributed by atoms with Crippen LogP contribution in [0.5, 0.6) is 0 Å². The van der Waals surface area contributed by atoms with Gasteiger partial charge in [-0.3, -0.25) is 4.98 Å². The summed E-state index contributed by atoms with van der Waals surface area (Å²) in [6.45, 7) is 1.84. The Morgan fingerprint density at radius 3 is 2.74 bits per heavy atom. The molecule has 0 aliphatic rings. The maximum Gasteiger partial charge on any atom is 0.175 e. The molecule has 6 heteroatoms. The van der Waals surface area contributed by atoms with Crippen molar-refractivity contribution in [2.75, 3.05) is 5.32 Å². The van der Waals surface area contributed by atoms with Gasteiger partial charge < -0.3 is 9.84 Å². The van der Waals surface area contributed by atoms with E-state index >= 15 is 0 Å². The number of hydrogen-bond donors (Lipinski definition) is 1. The van der Waals surface area contributed by atoms with Gasteiger partial charge in [-0.25, -0.2) is 9.97 Å². The maximum atomic E-state index is 5.10. The molecule has 0 spiro atoms. The Morgan fingerprint density at radius 1 is 1.04 bits per heavy atom. The van der Waals surface area contributed by atoms with Crippen LogP contribution in [0.15, 0.2) is 59.4 Å². The topological polar surface area (TPSA) is 76.7 Å². The molecule has 0 saturated heterocycles. The Bertz CT molecular complexity index is 965. The van der Waals surface area contributed by atoms with Crippen molar-refractivity contribution in [3.63, 3.8) is 0 Å². The highest BCUT2D eigenvalue weighted by molar-refractivity contribution is 5.91. The Balaban J connectivity index is 1.87. The molecule has 0 atom stereocenters. The lowest BCUT2D eigenvalue weighted by atomic mass is 10.2. The molecule has 112 valence electrons. The molecule has 0 aliphatic carbocycles. The van der Waals surface area contributed by atoms with Crippen LogP contribution in [0.3, 0.4) is 0 Å². The standard InChI is InChI=1S/C17H13N5O/c1-11-9-15(22-23-11)20-17-13-6-2-3-7-14(13)19-16(21-17)12-5-4-8-18-10-12/h2-10H,1H3,(H,19,20,21,22). The number of para-hydroxylation sites is 1.